The van der Waals surface area contributed by atoms with E-state index in [0.717, 1.165) is 6.42 Å². The molecule has 0 radical (unpaired) electrons. The van der Waals surface area contributed by atoms with E-state index in [-0.39, 0.29) is 18.1 Å². The van der Waals surface area contributed by atoms with Crippen LogP contribution >= 0.6 is 0 Å². The maximum atomic E-state index is 13.1. The molecule has 1 amide bonds. The highest BCUT2D eigenvalue weighted by Gasteiger charge is 2.11. The molecule has 0 aliphatic carbocycles. The van der Waals surface area contributed by atoms with Gasteiger partial charge in [0.2, 0.25) is 0 Å². The highest BCUT2D eigenvalue weighted by Crippen LogP contribution is 2.11. The van der Waals surface area contributed by atoms with Crippen LogP contribution in [0.2, 0.25) is 0 Å². The molecule has 102 valence electrons. The van der Waals surface area contributed by atoms with Crippen molar-refractivity contribution in [3.05, 3.63) is 35.1 Å². The number of rotatable bonds is 4. The lowest BCUT2D eigenvalue weighted by Gasteiger charge is -2.11. The van der Waals surface area contributed by atoms with E-state index in [4.69, 9.17) is 5.11 Å². The predicted molar refractivity (Wildman–Crippen MR) is 72.2 cm³/mol. The summed E-state index contributed by atoms with van der Waals surface area (Å²) >= 11 is 0. The van der Waals surface area contributed by atoms with Gasteiger partial charge in [0.1, 0.15) is 12.4 Å². The van der Waals surface area contributed by atoms with Crippen LogP contribution in [0.15, 0.2) is 18.2 Å². The zero-order valence-corrected chi connectivity index (χ0v) is 11.2. The number of carbonyl (C=O) groups excluding carboxylic acids is 1. The van der Waals surface area contributed by atoms with Crippen molar-refractivity contribution in [1.29, 1.82) is 0 Å². The molecular formula is C15H18FNO2. The van der Waals surface area contributed by atoms with E-state index in [9.17, 15) is 9.18 Å². The number of aliphatic hydroxyl groups excluding tert-OH is 1. The second-order valence-corrected chi connectivity index (χ2v) is 4.37. The SMILES string of the molecule is CCC(C)CNC(=O)c1ccc(F)cc1C#CCO. The van der Waals surface area contributed by atoms with Crippen molar-refractivity contribution < 1.29 is 14.3 Å². The topological polar surface area (TPSA) is 49.3 Å². The van der Waals surface area contributed by atoms with Crippen LogP contribution in [0.4, 0.5) is 4.39 Å². The van der Waals surface area contributed by atoms with Crippen molar-refractivity contribution in [2.45, 2.75) is 20.3 Å². The molecule has 0 bridgehead atoms. The monoisotopic (exact) mass is 263 g/mol. The molecule has 1 rings (SSSR count). The summed E-state index contributed by atoms with van der Waals surface area (Å²) < 4.78 is 13.1. The fourth-order valence-corrected chi connectivity index (χ4v) is 1.46. The fraction of sp³-hybridized carbons (Fsp3) is 0.400. The first kappa shape index (κ1) is 15.2. The lowest BCUT2D eigenvalue weighted by molar-refractivity contribution is 0.0947. The Labute approximate surface area is 112 Å². The Balaban J connectivity index is 2.89. The van der Waals surface area contributed by atoms with Crippen LogP contribution in [0.25, 0.3) is 0 Å². The smallest absolute Gasteiger partial charge is 0.252 e. The summed E-state index contributed by atoms with van der Waals surface area (Å²) in [5.74, 6) is 4.66. The van der Waals surface area contributed by atoms with Crippen LogP contribution in [0.5, 0.6) is 0 Å². The zero-order valence-electron chi connectivity index (χ0n) is 11.2. The minimum absolute atomic E-state index is 0.275. The van der Waals surface area contributed by atoms with Gasteiger partial charge in [0.15, 0.2) is 0 Å². The van der Waals surface area contributed by atoms with Crippen molar-refractivity contribution in [1.82, 2.24) is 5.32 Å². The Morgan fingerprint density at radius 2 is 2.26 bits per heavy atom. The van der Waals surface area contributed by atoms with Gasteiger partial charge in [-0.2, -0.15) is 0 Å². The number of aliphatic hydroxyl groups is 1. The molecule has 0 saturated heterocycles. The Kier molecular flexibility index (Phi) is 6.04. The number of carbonyl (C=O) groups is 1. The maximum Gasteiger partial charge on any atom is 0.252 e. The summed E-state index contributed by atoms with van der Waals surface area (Å²) in [6.07, 6.45) is 0.973. The largest absolute Gasteiger partial charge is 0.384 e. The quantitative estimate of drug-likeness (QED) is 0.816. The van der Waals surface area contributed by atoms with Gasteiger partial charge < -0.3 is 10.4 Å². The Morgan fingerprint density at radius 3 is 2.89 bits per heavy atom. The van der Waals surface area contributed by atoms with E-state index >= 15 is 0 Å². The third-order valence-corrected chi connectivity index (χ3v) is 2.84. The van der Waals surface area contributed by atoms with Gasteiger partial charge in [-0.1, -0.05) is 32.1 Å². The summed E-state index contributed by atoms with van der Waals surface area (Å²) in [7, 11) is 0. The van der Waals surface area contributed by atoms with Crippen molar-refractivity contribution in [3.8, 4) is 11.8 Å². The molecule has 19 heavy (non-hydrogen) atoms. The van der Waals surface area contributed by atoms with Crippen LogP contribution in [0.1, 0.15) is 36.2 Å². The molecular weight excluding hydrogens is 245 g/mol. The molecule has 4 heteroatoms. The van der Waals surface area contributed by atoms with Gasteiger partial charge in [-0.15, -0.1) is 0 Å². The molecule has 1 atom stereocenters. The number of amides is 1. The lowest BCUT2D eigenvalue weighted by atomic mass is 10.1. The predicted octanol–water partition coefficient (Wildman–Crippen LogP) is 1.95. The van der Waals surface area contributed by atoms with Crippen LogP contribution < -0.4 is 5.32 Å². The number of halogens is 1. The van der Waals surface area contributed by atoms with E-state index in [1.165, 1.54) is 18.2 Å². The molecule has 1 aromatic rings. The average Bonchev–Trinajstić information content (AvgIpc) is 2.42. The van der Waals surface area contributed by atoms with Gasteiger partial charge in [0.05, 0.1) is 5.56 Å². The zero-order chi connectivity index (χ0) is 14.3. The number of hydrogen-bond acceptors (Lipinski definition) is 2. The molecule has 0 aliphatic rings. The van der Waals surface area contributed by atoms with Crippen LogP contribution in [-0.2, 0) is 0 Å². The highest BCUT2D eigenvalue weighted by molar-refractivity contribution is 5.96. The van der Waals surface area contributed by atoms with Crippen LogP contribution in [0.3, 0.4) is 0 Å². The first-order valence-corrected chi connectivity index (χ1v) is 6.26. The minimum Gasteiger partial charge on any atom is -0.384 e. The Bertz CT molecular complexity index is 503. The first-order valence-electron chi connectivity index (χ1n) is 6.26. The van der Waals surface area contributed by atoms with E-state index < -0.39 is 5.82 Å². The van der Waals surface area contributed by atoms with Crippen molar-refractivity contribution >= 4 is 5.91 Å². The lowest BCUT2D eigenvalue weighted by Crippen LogP contribution is -2.28. The standard InChI is InChI=1S/C15H18FNO2/c1-3-11(2)10-17-15(19)14-7-6-13(16)9-12(14)5-4-8-18/h6-7,9,11,18H,3,8,10H2,1-2H3,(H,17,19). The normalized spacial score (nSPS) is 11.4. The van der Waals surface area contributed by atoms with E-state index in [1.807, 2.05) is 13.8 Å². The third-order valence-electron chi connectivity index (χ3n) is 2.84. The Hall–Kier alpha value is -1.86. The number of nitrogens with one attached hydrogen (secondary N) is 1. The minimum atomic E-state index is -0.458. The average molecular weight is 263 g/mol. The molecule has 0 spiro atoms. The summed E-state index contributed by atoms with van der Waals surface area (Å²) in [6, 6.07) is 3.83. The van der Waals surface area contributed by atoms with Crippen LogP contribution in [0, 0.1) is 23.6 Å². The fourth-order valence-electron chi connectivity index (χ4n) is 1.46. The summed E-state index contributed by atoms with van der Waals surface area (Å²) in [5, 5.41) is 11.5. The van der Waals surface area contributed by atoms with Crippen molar-refractivity contribution in [3.63, 3.8) is 0 Å². The van der Waals surface area contributed by atoms with Gasteiger partial charge in [0.25, 0.3) is 5.91 Å². The number of benzene rings is 1. The van der Waals surface area contributed by atoms with Gasteiger partial charge in [0, 0.05) is 12.1 Å². The van der Waals surface area contributed by atoms with Gasteiger partial charge in [-0.05, 0) is 24.1 Å². The molecule has 1 unspecified atom stereocenters. The van der Waals surface area contributed by atoms with Gasteiger partial charge in [-0.3, -0.25) is 4.79 Å². The second kappa shape index (κ2) is 7.55. The van der Waals surface area contributed by atoms with Gasteiger partial charge >= 0.3 is 0 Å². The Morgan fingerprint density at radius 1 is 1.53 bits per heavy atom. The molecule has 0 heterocycles. The molecule has 1 aromatic carbocycles. The van der Waals surface area contributed by atoms with Crippen molar-refractivity contribution in [2.24, 2.45) is 5.92 Å². The first-order chi connectivity index (χ1) is 9.08. The van der Waals surface area contributed by atoms with E-state index in [2.05, 4.69) is 17.2 Å². The molecule has 0 aromatic heterocycles. The molecule has 0 fully saturated rings. The molecule has 0 saturated carbocycles. The number of hydrogen-bond donors (Lipinski definition) is 2. The van der Waals surface area contributed by atoms with Crippen LogP contribution in [-0.4, -0.2) is 24.2 Å². The molecule has 2 N–H and O–H groups in total. The van der Waals surface area contributed by atoms with Gasteiger partial charge in [-0.25, -0.2) is 4.39 Å². The molecule has 0 aliphatic heterocycles. The van der Waals surface area contributed by atoms with E-state index in [1.54, 1.807) is 0 Å². The van der Waals surface area contributed by atoms with Crippen molar-refractivity contribution in [2.75, 3.05) is 13.2 Å². The van der Waals surface area contributed by atoms with E-state index in [0.29, 0.717) is 18.0 Å². The highest BCUT2D eigenvalue weighted by atomic mass is 19.1. The summed E-state index contributed by atoms with van der Waals surface area (Å²) in [6.45, 7) is 4.33. The molecule has 3 nitrogen and oxygen atoms in total. The summed E-state index contributed by atoms with van der Waals surface area (Å²) in [5.41, 5.74) is 0.612. The third kappa shape index (κ3) is 4.72. The summed E-state index contributed by atoms with van der Waals surface area (Å²) in [4.78, 5) is 12.0. The second-order valence-electron chi connectivity index (χ2n) is 4.37. The maximum absolute atomic E-state index is 13.1.